The van der Waals surface area contributed by atoms with Gasteiger partial charge in [-0.05, 0) is 37.1 Å². The fourth-order valence-corrected chi connectivity index (χ4v) is 2.22. The van der Waals surface area contributed by atoms with E-state index in [1.165, 1.54) is 16.7 Å². The number of primary amides is 1. The summed E-state index contributed by atoms with van der Waals surface area (Å²) in [6.07, 6.45) is 0. The smallest absolute Gasteiger partial charge is 0.284 e. The molecular weight excluding hydrogens is 292 g/mol. The van der Waals surface area contributed by atoms with Crippen LogP contribution in [0.1, 0.15) is 33.0 Å². The molecule has 6 nitrogen and oxygen atoms in total. The van der Waals surface area contributed by atoms with E-state index < -0.39 is 5.91 Å². The molecule has 1 heterocycles. The van der Waals surface area contributed by atoms with Gasteiger partial charge in [0.05, 0.1) is 6.54 Å². The van der Waals surface area contributed by atoms with Gasteiger partial charge in [0.25, 0.3) is 5.91 Å². The van der Waals surface area contributed by atoms with Gasteiger partial charge in [-0.15, -0.1) is 0 Å². The molecule has 6 heteroatoms. The maximum absolute atomic E-state index is 11.0. The lowest BCUT2D eigenvalue weighted by Crippen LogP contribution is -2.36. The summed E-state index contributed by atoms with van der Waals surface area (Å²) in [5, 5.41) is 6.38. The third kappa shape index (κ3) is 4.60. The fourth-order valence-electron chi connectivity index (χ4n) is 2.22. The summed E-state index contributed by atoms with van der Waals surface area (Å²) in [7, 11) is 1.70. The lowest BCUT2D eigenvalue weighted by Gasteiger charge is -2.12. The predicted molar refractivity (Wildman–Crippen MR) is 90.2 cm³/mol. The minimum Gasteiger partial charge on any atom is -0.454 e. The molecule has 0 unspecified atom stereocenters. The summed E-state index contributed by atoms with van der Waals surface area (Å²) in [4.78, 5) is 15.2. The molecular formula is C17H22N4O2. The highest BCUT2D eigenvalue weighted by Crippen LogP contribution is 2.10. The average Bonchev–Trinajstić information content (AvgIpc) is 2.98. The van der Waals surface area contributed by atoms with Gasteiger partial charge >= 0.3 is 0 Å². The van der Waals surface area contributed by atoms with E-state index in [1.54, 1.807) is 19.2 Å². The van der Waals surface area contributed by atoms with Crippen molar-refractivity contribution in [1.82, 2.24) is 10.6 Å². The number of nitrogens with one attached hydrogen (secondary N) is 2. The minimum absolute atomic E-state index is 0.153. The Hall–Kier alpha value is -2.76. The van der Waals surface area contributed by atoms with E-state index in [0.717, 1.165) is 0 Å². The molecule has 0 spiro atoms. The number of benzene rings is 1. The first kappa shape index (κ1) is 16.6. The topological polar surface area (TPSA) is 92.6 Å². The summed E-state index contributed by atoms with van der Waals surface area (Å²) >= 11 is 0. The van der Waals surface area contributed by atoms with Gasteiger partial charge in [-0.25, -0.2) is 0 Å². The highest BCUT2D eigenvalue weighted by atomic mass is 16.3. The van der Waals surface area contributed by atoms with E-state index in [4.69, 9.17) is 10.2 Å². The Bertz CT molecular complexity index is 719. The van der Waals surface area contributed by atoms with Crippen LogP contribution in [0.4, 0.5) is 0 Å². The molecule has 0 atom stereocenters. The van der Waals surface area contributed by atoms with E-state index in [-0.39, 0.29) is 5.76 Å². The number of carbonyl (C=O) groups excluding carboxylic acids is 1. The van der Waals surface area contributed by atoms with Gasteiger partial charge in [-0.1, -0.05) is 23.8 Å². The average molecular weight is 314 g/mol. The predicted octanol–water partition coefficient (Wildman–Crippen LogP) is 1.86. The second kappa shape index (κ2) is 7.49. The van der Waals surface area contributed by atoms with Crippen LogP contribution < -0.4 is 16.4 Å². The molecule has 0 fully saturated rings. The molecule has 4 N–H and O–H groups in total. The number of aliphatic imine (C=N–C) groups is 1. The summed E-state index contributed by atoms with van der Waals surface area (Å²) in [6.45, 7) is 5.26. The molecule has 0 aliphatic carbocycles. The van der Waals surface area contributed by atoms with Crippen LogP contribution >= 0.6 is 0 Å². The number of carbonyl (C=O) groups is 1. The highest BCUT2D eigenvalue weighted by molar-refractivity contribution is 5.89. The second-order valence-electron chi connectivity index (χ2n) is 5.34. The zero-order chi connectivity index (χ0) is 16.8. The molecule has 2 aromatic rings. The van der Waals surface area contributed by atoms with Crippen molar-refractivity contribution in [3.63, 3.8) is 0 Å². The van der Waals surface area contributed by atoms with E-state index in [1.807, 2.05) is 0 Å². The first-order valence-corrected chi connectivity index (χ1v) is 7.38. The van der Waals surface area contributed by atoms with Crippen LogP contribution in [0.3, 0.4) is 0 Å². The highest BCUT2D eigenvalue weighted by Gasteiger charge is 2.07. The van der Waals surface area contributed by atoms with Gasteiger partial charge in [0.2, 0.25) is 0 Å². The number of aryl methyl sites for hydroxylation is 2. The normalized spacial score (nSPS) is 11.3. The van der Waals surface area contributed by atoms with Crippen LogP contribution in [0, 0.1) is 13.8 Å². The molecule has 122 valence electrons. The monoisotopic (exact) mass is 314 g/mol. The Balaban J connectivity index is 1.89. The molecule has 0 radical (unpaired) electrons. The van der Waals surface area contributed by atoms with Gasteiger partial charge in [0.15, 0.2) is 11.7 Å². The Morgan fingerprint density at radius 2 is 1.91 bits per heavy atom. The van der Waals surface area contributed by atoms with Crippen molar-refractivity contribution in [2.75, 3.05) is 7.05 Å². The maximum Gasteiger partial charge on any atom is 0.284 e. The van der Waals surface area contributed by atoms with Crippen LogP contribution in [0.25, 0.3) is 0 Å². The number of hydrogen-bond donors (Lipinski definition) is 3. The molecule has 0 aliphatic heterocycles. The standard InChI is InChI=1S/C17H22N4O2/c1-11-4-5-13(12(2)8-11)9-20-17(19-3)21-10-14-6-7-15(23-14)16(18)22/h4-8H,9-10H2,1-3H3,(H2,18,22)(H2,19,20,21). The molecule has 0 aliphatic rings. The van der Waals surface area contributed by atoms with E-state index in [2.05, 4.69) is 47.7 Å². The van der Waals surface area contributed by atoms with Crippen molar-refractivity contribution >= 4 is 11.9 Å². The van der Waals surface area contributed by atoms with Gasteiger partial charge in [-0.3, -0.25) is 9.79 Å². The molecule has 23 heavy (non-hydrogen) atoms. The van der Waals surface area contributed by atoms with Crippen LogP contribution in [-0.4, -0.2) is 18.9 Å². The number of guanidine groups is 1. The number of furan rings is 1. The summed E-state index contributed by atoms with van der Waals surface area (Å²) < 4.78 is 5.32. The van der Waals surface area contributed by atoms with E-state index >= 15 is 0 Å². The third-order valence-electron chi connectivity index (χ3n) is 3.50. The van der Waals surface area contributed by atoms with Crippen LogP contribution in [0.15, 0.2) is 39.7 Å². The molecule has 0 bridgehead atoms. The molecule has 0 saturated carbocycles. The van der Waals surface area contributed by atoms with Crippen molar-refractivity contribution in [2.24, 2.45) is 10.7 Å². The second-order valence-corrected chi connectivity index (χ2v) is 5.34. The molecule has 1 aromatic heterocycles. The van der Waals surface area contributed by atoms with Crippen molar-refractivity contribution < 1.29 is 9.21 Å². The van der Waals surface area contributed by atoms with E-state index in [9.17, 15) is 4.79 Å². The van der Waals surface area contributed by atoms with Gasteiger partial charge in [0.1, 0.15) is 5.76 Å². The SMILES string of the molecule is CN=C(NCc1ccc(C(N)=O)o1)NCc1ccc(C)cc1C. The van der Waals surface area contributed by atoms with Crippen LogP contribution in [-0.2, 0) is 13.1 Å². The zero-order valence-electron chi connectivity index (χ0n) is 13.6. The van der Waals surface area contributed by atoms with Crippen LogP contribution in [0.2, 0.25) is 0 Å². The molecule has 1 aromatic carbocycles. The first-order valence-electron chi connectivity index (χ1n) is 7.38. The minimum atomic E-state index is -0.575. The largest absolute Gasteiger partial charge is 0.454 e. The Morgan fingerprint density at radius 3 is 2.52 bits per heavy atom. The quantitative estimate of drug-likeness (QED) is 0.580. The van der Waals surface area contributed by atoms with Gasteiger partial charge in [0, 0.05) is 13.6 Å². The summed E-state index contributed by atoms with van der Waals surface area (Å²) in [5.41, 5.74) is 8.86. The van der Waals surface area contributed by atoms with Gasteiger partial charge < -0.3 is 20.8 Å². The number of nitrogens with two attached hydrogens (primary N) is 1. The Labute approximate surface area is 135 Å². The molecule has 0 saturated heterocycles. The number of rotatable bonds is 5. The van der Waals surface area contributed by atoms with Crippen molar-refractivity contribution in [2.45, 2.75) is 26.9 Å². The fraction of sp³-hybridized carbons (Fsp3) is 0.294. The summed E-state index contributed by atoms with van der Waals surface area (Å²) in [6, 6.07) is 9.63. The molecule has 1 amide bonds. The Kier molecular flexibility index (Phi) is 5.41. The lowest BCUT2D eigenvalue weighted by atomic mass is 10.1. The van der Waals surface area contributed by atoms with Crippen molar-refractivity contribution in [3.8, 4) is 0 Å². The molecule has 2 rings (SSSR count). The van der Waals surface area contributed by atoms with Crippen molar-refractivity contribution in [3.05, 3.63) is 58.5 Å². The number of hydrogen-bond acceptors (Lipinski definition) is 3. The maximum atomic E-state index is 11.0. The zero-order valence-corrected chi connectivity index (χ0v) is 13.6. The number of nitrogens with zero attached hydrogens (tertiary/aromatic N) is 1. The van der Waals surface area contributed by atoms with Crippen molar-refractivity contribution in [1.29, 1.82) is 0 Å². The Morgan fingerprint density at radius 1 is 1.17 bits per heavy atom. The van der Waals surface area contributed by atoms with Gasteiger partial charge in [-0.2, -0.15) is 0 Å². The van der Waals surface area contributed by atoms with Crippen LogP contribution in [0.5, 0.6) is 0 Å². The number of amides is 1. The first-order chi connectivity index (χ1) is 11.0. The summed E-state index contributed by atoms with van der Waals surface area (Å²) in [5.74, 6) is 0.851. The van der Waals surface area contributed by atoms with E-state index in [0.29, 0.717) is 24.8 Å². The lowest BCUT2D eigenvalue weighted by molar-refractivity contribution is 0.0972. The third-order valence-corrected chi connectivity index (χ3v) is 3.50.